The molecule has 0 aromatic heterocycles. The minimum absolute atomic E-state index is 0.309. The standard InChI is InChI=1S/C24H24N2O4/c25-23(27)15-5-17-1-7-19(8-2-17)29-21-11-13-22(14-12-21)30-20-9-3-18(4-10-20)6-16-24(26)28/h1-4,7-14H,5-6,15-16H2,(H2,25,27)(H2,26,28). The molecule has 6 heteroatoms. The second kappa shape index (κ2) is 10.1. The van der Waals surface area contributed by atoms with Gasteiger partial charge in [-0.1, -0.05) is 24.3 Å². The lowest BCUT2D eigenvalue weighted by Crippen LogP contribution is -2.11. The Morgan fingerprint density at radius 1 is 0.533 bits per heavy atom. The largest absolute Gasteiger partial charge is 0.457 e. The van der Waals surface area contributed by atoms with Crippen LogP contribution in [0.5, 0.6) is 23.0 Å². The Labute approximate surface area is 175 Å². The number of hydrogen-bond donors (Lipinski definition) is 2. The lowest BCUT2D eigenvalue weighted by Gasteiger charge is -2.09. The zero-order chi connectivity index (χ0) is 21.3. The van der Waals surface area contributed by atoms with Crippen molar-refractivity contribution in [2.75, 3.05) is 0 Å². The third-order valence-corrected chi connectivity index (χ3v) is 4.46. The normalized spacial score (nSPS) is 10.4. The maximum absolute atomic E-state index is 10.9. The quantitative estimate of drug-likeness (QED) is 0.530. The summed E-state index contributed by atoms with van der Waals surface area (Å²) < 4.78 is 11.7. The molecule has 2 amide bonds. The van der Waals surface area contributed by atoms with Crippen LogP contribution in [0, 0.1) is 0 Å². The number of aryl methyl sites for hydroxylation is 2. The molecule has 3 aromatic carbocycles. The second-order valence-electron chi connectivity index (χ2n) is 6.90. The number of carbonyl (C=O) groups is 2. The molecule has 0 bridgehead atoms. The van der Waals surface area contributed by atoms with Gasteiger partial charge in [-0.05, 0) is 72.5 Å². The van der Waals surface area contributed by atoms with Crippen molar-refractivity contribution >= 4 is 11.8 Å². The van der Waals surface area contributed by atoms with Gasteiger partial charge in [-0.15, -0.1) is 0 Å². The van der Waals surface area contributed by atoms with Gasteiger partial charge >= 0.3 is 0 Å². The van der Waals surface area contributed by atoms with E-state index in [0.29, 0.717) is 48.7 Å². The molecule has 0 atom stereocenters. The Morgan fingerprint density at radius 2 is 0.800 bits per heavy atom. The van der Waals surface area contributed by atoms with E-state index in [9.17, 15) is 9.59 Å². The number of amides is 2. The van der Waals surface area contributed by atoms with E-state index in [4.69, 9.17) is 20.9 Å². The van der Waals surface area contributed by atoms with Crippen LogP contribution in [0.15, 0.2) is 72.8 Å². The van der Waals surface area contributed by atoms with Crippen LogP contribution >= 0.6 is 0 Å². The summed E-state index contributed by atoms with van der Waals surface area (Å²) in [6, 6.07) is 22.4. The van der Waals surface area contributed by atoms with Gasteiger partial charge in [-0.25, -0.2) is 0 Å². The summed E-state index contributed by atoms with van der Waals surface area (Å²) in [6.07, 6.45) is 1.90. The van der Waals surface area contributed by atoms with Crippen LogP contribution < -0.4 is 20.9 Å². The minimum atomic E-state index is -0.309. The van der Waals surface area contributed by atoms with Crippen LogP contribution in [0.2, 0.25) is 0 Å². The monoisotopic (exact) mass is 404 g/mol. The summed E-state index contributed by atoms with van der Waals surface area (Å²) >= 11 is 0. The van der Waals surface area contributed by atoms with Gasteiger partial charge < -0.3 is 20.9 Å². The molecule has 0 aliphatic rings. The lowest BCUT2D eigenvalue weighted by molar-refractivity contribution is -0.118. The summed E-state index contributed by atoms with van der Waals surface area (Å²) in [4.78, 5) is 21.7. The molecule has 0 heterocycles. The van der Waals surface area contributed by atoms with E-state index in [1.807, 2.05) is 72.8 Å². The van der Waals surface area contributed by atoms with Crippen molar-refractivity contribution in [2.24, 2.45) is 11.5 Å². The summed E-state index contributed by atoms with van der Waals surface area (Å²) in [5.74, 6) is 2.17. The molecule has 0 fully saturated rings. The molecule has 3 rings (SSSR count). The van der Waals surface area contributed by atoms with Crippen molar-refractivity contribution in [3.8, 4) is 23.0 Å². The summed E-state index contributed by atoms with van der Waals surface area (Å²) in [5.41, 5.74) is 12.4. The van der Waals surface area contributed by atoms with Crippen molar-refractivity contribution in [2.45, 2.75) is 25.7 Å². The van der Waals surface area contributed by atoms with E-state index in [0.717, 1.165) is 11.1 Å². The Kier molecular flexibility index (Phi) is 7.05. The molecule has 4 N–H and O–H groups in total. The van der Waals surface area contributed by atoms with Crippen LogP contribution in [-0.4, -0.2) is 11.8 Å². The first-order chi connectivity index (χ1) is 14.5. The highest BCUT2D eigenvalue weighted by atomic mass is 16.5. The van der Waals surface area contributed by atoms with Crippen molar-refractivity contribution < 1.29 is 19.1 Å². The summed E-state index contributed by atoms with van der Waals surface area (Å²) in [6.45, 7) is 0. The van der Waals surface area contributed by atoms with Crippen molar-refractivity contribution in [3.05, 3.63) is 83.9 Å². The molecule has 0 aliphatic carbocycles. The van der Waals surface area contributed by atoms with Gasteiger partial charge in [-0.2, -0.15) is 0 Å². The highest BCUT2D eigenvalue weighted by molar-refractivity contribution is 5.74. The van der Waals surface area contributed by atoms with Gasteiger partial charge in [0.2, 0.25) is 11.8 Å². The molecule has 0 saturated heterocycles. The maximum atomic E-state index is 10.9. The van der Waals surface area contributed by atoms with Gasteiger partial charge in [-0.3, -0.25) is 9.59 Å². The molecule has 0 saturated carbocycles. The van der Waals surface area contributed by atoms with E-state index in [1.54, 1.807) is 0 Å². The fourth-order valence-electron chi connectivity index (χ4n) is 2.83. The number of hydrogen-bond acceptors (Lipinski definition) is 4. The first-order valence-corrected chi connectivity index (χ1v) is 9.68. The first-order valence-electron chi connectivity index (χ1n) is 9.68. The molecule has 6 nitrogen and oxygen atoms in total. The van der Waals surface area contributed by atoms with Crippen LogP contribution in [-0.2, 0) is 22.4 Å². The predicted octanol–water partition coefficient (Wildman–Crippen LogP) is 4.11. The van der Waals surface area contributed by atoms with Crippen molar-refractivity contribution in [3.63, 3.8) is 0 Å². The Balaban J connectivity index is 1.53. The zero-order valence-electron chi connectivity index (χ0n) is 16.5. The molecule has 3 aromatic rings. The zero-order valence-corrected chi connectivity index (χ0v) is 16.5. The third kappa shape index (κ3) is 6.67. The van der Waals surface area contributed by atoms with Gasteiger partial charge in [0, 0.05) is 12.8 Å². The number of benzene rings is 3. The molecular formula is C24H24N2O4. The van der Waals surface area contributed by atoms with Gasteiger partial charge in [0.05, 0.1) is 0 Å². The van der Waals surface area contributed by atoms with Gasteiger partial charge in [0.25, 0.3) is 0 Å². The molecule has 154 valence electrons. The number of primary amides is 2. The van der Waals surface area contributed by atoms with Crippen LogP contribution in [0.25, 0.3) is 0 Å². The molecular weight excluding hydrogens is 380 g/mol. The fourth-order valence-corrected chi connectivity index (χ4v) is 2.83. The average molecular weight is 404 g/mol. The second-order valence-corrected chi connectivity index (χ2v) is 6.90. The summed E-state index contributed by atoms with van der Waals surface area (Å²) in [7, 11) is 0. The Hall–Kier alpha value is -3.80. The number of nitrogens with two attached hydrogens (primary N) is 2. The number of rotatable bonds is 10. The lowest BCUT2D eigenvalue weighted by atomic mass is 10.1. The van der Waals surface area contributed by atoms with E-state index < -0.39 is 0 Å². The van der Waals surface area contributed by atoms with Crippen molar-refractivity contribution in [1.82, 2.24) is 0 Å². The molecule has 30 heavy (non-hydrogen) atoms. The molecule has 0 aliphatic heterocycles. The SMILES string of the molecule is NC(=O)CCc1ccc(Oc2ccc(Oc3ccc(CCC(N)=O)cc3)cc2)cc1. The van der Waals surface area contributed by atoms with E-state index >= 15 is 0 Å². The van der Waals surface area contributed by atoms with Crippen LogP contribution in [0.4, 0.5) is 0 Å². The highest BCUT2D eigenvalue weighted by Crippen LogP contribution is 2.27. The molecule has 0 unspecified atom stereocenters. The first kappa shape index (κ1) is 20.9. The molecule has 0 radical (unpaired) electrons. The maximum Gasteiger partial charge on any atom is 0.217 e. The predicted molar refractivity (Wildman–Crippen MR) is 115 cm³/mol. The highest BCUT2D eigenvalue weighted by Gasteiger charge is 2.03. The van der Waals surface area contributed by atoms with Crippen LogP contribution in [0.3, 0.4) is 0 Å². The minimum Gasteiger partial charge on any atom is -0.457 e. The van der Waals surface area contributed by atoms with E-state index in [1.165, 1.54) is 0 Å². The van der Waals surface area contributed by atoms with Gasteiger partial charge in [0.15, 0.2) is 0 Å². The van der Waals surface area contributed by atoms with E-state index in [-0.39, 0.29) is 11.8 Å². The average Bonchev–Trinajstić information content (AvgIpc) is 2.74. The Bertz CT molecular complexity index is 899. The third-order valence-electron chi connectivity index (χ3n) is 4.46. The van der Waals surface area contributed by atoms with Crippen LogP contribution in [0.1, 0.15) is 24.0 Å². The van der Waals surface area contributed by atoms with Gasteiger partial charge in [0.1, 0.15) is 23.0 Å². The fraction of sp³-hybridized carbons (Fsp3) is 0.167. The topological polar surface area (TPSA) is 105 Å². The number of carbonyl (C=O) groups excluding carboxylic acids is 2. The number of ether oxygens (including phenoxy) is 2. The summed E-state index contributed by atoms with van der Waals surface area (Å²) in [5, 5.41) is 0. The molecule has 0 spiro atoms. The van der Waals surface area contributed by atoms with Crippen molar-refractivity contribution in [1.29, 1.82) is 0 Å². The Morgan fingerprint density at radius 3 is 1.07 bits per heavy atom. The van der Waals surface area contributed by atoms with E-state index in [2.05, 4.69) is 0 Å². The smallest absolute Gasteiger partial charge is 0.217 e.